The Hall–Kier alpha value is -2.24. The molecule has 0 bridgehead atoms. The van der Waals surface area contributed by atoms with E-state index in [4.69, 9.17) is 23.2 Å². The van der Waals surface area contributed by atoms with Gasteiger partial charge >= 0.3 is 0 Å². The number of fused-ring (bicyclic) bond motifs is 2. The normalized spacial score (nSPS) is 30.7. The summed E-state index contributed by atoms with van der Waals surface area (Å²) in [6.07, 6.45) is 3.87. The first kappa shape index (κ1) is 32.2. The average molecular weight is 654 g/mol. The van der Waals surface area contributed by atoms with Crippen molar-refractivity contribution >= 4 is 50.7 Å². The van der Waals surface area contributed by atoms with Crippen LogP contribution >= 0.6 is 23.2 Å². The van der Waals surface area contributed by atoms with Crippen molar-refractivity contribution in [2.24, 2.45) is 5.41 Å². The molecule has 8 nitrogen and oxygen atoms in total. The number of halogens is 3. The zero-order valence-electron chi connectivity index (χ0n) is 25.0. The lowest BCUT2D eigenvalue weighted by molar-refractivity contribution is -0.124. The molecule has 0 aromatic heterocycles. The summed E-state index contributed by atoms with van der Waals surface area (Å²) in [6.45, 7) is 8.05. The predicted octanol–water partition coefficient (Wildman–Crippen LogP) is 5.25. The summed E-state index contributed by atoms with van der Waals surface area (Å²) in [5.74, 6) is -2.27. The number of hydrogen-bond acceptors (Lipinski definition) is 5. The van der Waals surface area contributed by atoms with Crippen LogP contribution in [0, 0.1) is 11.2 Å². The van der Waals surface area contributed by atoms with E-state index in [2.05, 4.69) is 41.4 Å². The van der Waals surface area contributed by atoms with Crippen LogP contribution in [0.5, 0.6) is 0 Å². The quantitative estimate of drug-likeness (QED) is 0.340. The first-order valence-corrected chi connectivity index (χ1v) is 17.2. The maximum Gasteiger partial charge on any atom is 0.238 e. The Kier molecular flexibility index (Phi) is 8.44. The minimum atomic E-state index is -3.39. The number of carbonyl (C=O) groups excluding carboxylic acids is 2. The van der Waals surface area contributed by atoms with Crippen molar-refractivity contribution in [2.75, 3.05) is 11.6 Å². The maximum absolute atomic E-state index is 15.9. The monoisotopic (exact) mass is 652 g/mol. The van der Waals surface area contributed by atoms with E-state index < -0.39 is 44.8 Å². The lowest BCUT2D eigenvalue weighted by Gasteiger charge is -2.38. The van der Waals surface area contributed by atoms with Crippen LogP contribution in [0.3, 0.4) is 0 Å². The van der Waals surface area contributed by atoms with E-state index in [1.54, 1.807) is 30.3 Å². The van der Waals surface area contributed by atoms with Gasteiger partial charge in [-0.05, 0) is 73.8 Å². The second kappa shape index (κ2) is 11.3. The van der Waals surface area contributed by atoms with E-state index in [0.29, 0.717) is 48.4 Å². The van der Waals surface area contributed by atoms with E-state index in [1.165, 1.54) is 6.07 Å². The molecule has 1 aliphatic carbocycles. The zero-order chi connectivity index (χ0) is 31.5. The van der Waals surface area contributed by atoms with Crippen molar-refractivity contribution in [3.63, 3.8) is 0 Å². The van der Waals surface area contributed by atoms with Gasteiger partial charge in [0.15, 0.2) is 0 Å². The molecule has 2 aliphatic heterocycles. The fourth-order valence-electron chi connectivity index (χ4n) is 7.39. The van der Waals surface area contributed by atoms with E-state index >= 15 is 4.39 Å². The van der Waals surface area contributed by atoms with Crippen LogP contribution in [-0.2, 0) is 25.0 Å². The summed E-state index contributed by atoms with van der Waals surface area (Å²) in [5.41, 5.74) is -0.792. The summed E-state index contributed by atoms with van der Waals surface area (Å²) in [7, 11) is -3.39. The summed E-state index contributed by atoms with van der Waals surface area (Å²) < 4.78 is 42.4. The van der Waals surface area contributed by atoms with Crippen LogP contribution in [0.1, 0.15) is 76.8 Å². The molecule has 2 fully saturated rings. The summed E-state index contributed by atoms with van der Waals surface area (Å²) >= 11 is 12.6. The van der Waals surface area contributed by atoms with Crippen LogP contribution < -0.4 is 20.7 Å². The zero-order valence-corrected chi connectivity index (χ0v) is 27.3. The Morgan fingerprint density at radius 3 is 2.44 bits per heavy atom. The van der Waals surface area contributed by atoms with Gasteiger partial charge in [0.2, 0.25) is 21.8 Å². The minimum Gasteiger partial charge on any atom is -0.352 e. The fraction of sp³-hybridized carbons (Fsp3) is 0.548. The van der Waals surface area contributed by atoms with Crippen molar-refractivity contribution in [1.82, 2.24) is 15.4 Å². The summed E-state index contributed by atoms with van der Waals surface area (Å²) in [6, 6.07) is 8.15. The number of amides is 2. The van der Waals surface area contributed by atoms with Crippen molar-refractivity contribution in [3.05, 3.63) is 63.4 Å². The molecule has 1 spiro atoms. The molecule has 1 saturated heterocycles. The lowest BCUT2D eigenvalue weighted by atomic mass is 9.62. The number of nitrogens with one attached hydrogen (secondary N) is 4. The van der Waals surface area contributed by atoms with Crippen LogP contribution in [0.25, 0.3) is 0 Å². The molecule has 4 N–H and O–H groups in total. The van der Waals surface area contributed by atoms with Crippen molar-refractivity contribution in [1.29, 1.82) is 0 Å². The van der Waals surface area contributed by atoms with Crippen LogP contribution in [0.4, 0.5) is 10.1 Å². The predicted molar refractivity (Wildman–Crippen MR) is 167 cm³/mol. The van der Waals surface area contributed by atoms with Crippen molar-refractivity contribution in [2.45, 2.75) is 94.8 Å². The summed E-state index contributed by atoms with van der Waals surface area (Å²) in [4.78, 5) is 28.5. The van der Waals surface area contributed by atoms with Gasteiger partial charge in [-0.15, -0.1) is 0 Å². The third-order valence-electron chi connectivity index (χ3n) is 9.09. The average Bonchev–Trinajstić information content (AvgIpc) is 3.35. The second-order valence-corrected chi connectivity index (χ2v) is 16.4. The lowest BCUT2D eigenvalue weighted by Crippen LogP contribution is -2.53. The van der Waals surface area contributed by atoms with E-state index in [9.17, 15) is 18.0 Å². The highest BCUT2D eigenvalue weighted by Gasteiger charge is 2.66. The van der Waals surface area contributed by atoms with Crippen molar-refractivity contribution in [3.8, 4) is 0 Å². The molecule has 2 heterocycles. The molecule has 1 saturated carbocycles. The molecule has 234 valence electrons. The molecule has 43 heavy (non-hydrogen) atoms. The first-order valence-electron chi connectivity index (χ1n) is 14.5. The smallest absolute Gasteiger partial charge is 0.238 e. The van der Waals surface area contributed by atoms with Gasteiger partial charge in [0.25, 0.3) is 0 Å². The van der Waals surface area contributed by atoms with Crippen molar-refractivity contribution < 1.29 is 22.4 Å². The van der Waals surface area contributed by atoms with Gasteiger partial charge in [-0.1, -0.05) is 62.2 Å². The van der Waals surface area contributed by atoms with Crippen LogP contribution in [-0.4, -0.2) is 50.2 Å². The SMILES string of the molecule is CC(C)(C)C[C@H]1N[C@@H](C(=O)NC2CCC(C)(NS(C)(=O)=O)CC2)[C@H](c2cccc(Cl)c2F)[C@@]12C(=O)Nc1cc(Cl)ccc12. The number of carbonyl (C=O) groups is 2. The van der Waals surface area contributed by atoms with E-state index in [1.807, 2.05) is 6.92 Å². The molecule has 5 rings (SSSR count). The minimum absolute atomic E-state index is 0.0919. The highest BCUT2D eigenvalue weighted by Crippen LogP contribution is 2.57. The molecular formula is C31H39Cl2FN4O4S. The molecule has 3 aliphatic rings. The van der Waals surface area contributed by atoms with Gasteiger partial charge in [-0.2, -0.15) is 0 Å². The number of hydrogen-bond donors (Lipinski definition) is 4. The molecule has 2 amide bonds. The van der Waals surface area contributed by atoms with Gasteiger partial charge in [0.05, 0.1) is 17.3 Å². The molecule has 2 aromatic carbocycles. The third kappa shape index (κ3) is 6.18. The standard InChI is InChI=1S/C31H39Cl2FN4O4S/c1-29(2,3)16-23-31(20-10-9-17(32)15-22(20)36-28(31)40)24(19-7-6-8-21(33)25(19)34)26(37-23)27(39)35-18-11-13-30(4,14-12-18)38-43(5,41)42/h6-10,15,18,23-24,26,37-38H,11-14,16H2,1-5H3,(H,35,39)(H,36,40)/t18?,23-,24+,26-,30?,31+/m1/s1. The van der Waals surface area contributed by atoms with Gasteiger partial charge < -0.3 is 16.0 Å². The van der Waals surface area contributed by atoms with Gasteiger partial charge in [-0.25, -0.2) is 17.5 Å². The topological polar surface area (TPSA) is 116 Å². The summed E-state index contributed by atoms with van der Waals surface area (Å²) in [5, 5.41) is 9.98. The van der Waals surface area contributed by atoms with Crippen LogP contribution in [0.15, 0.2) is 36.4 Å². The Bertz CT molecular complexity index is 1560. The van der Waals surface area contributed by atoms with Crippen LogP contribution in [0.2, 0.25) is 10.0 Å². The Morgan fingerprint density at radius 1 is 1.14 bits per heavy atom. The first-order chi connectivity index (χ1) is 19.9. The number of anilines is 1. The largest absolute Gasteiger partial charge is 0.352 e. The number of sulfonamides is 1. The molecule has 4 atom stereocenters. The molecular weight excluding hydrogens is 614 g/mol. The second-order valence-electron chi connectivity index (χ2n) is 13.8. The number of benzene rings is 2. The highest BCUT2D eigenvalue weighted by molar-refractivity contribution is 7.88. The van der Waals surface area contributed by atoms with E-state index in [-0.39, 0.29) is 33.9 Å². The Labute approximate surface area is 262 Å². The van der Waals surface area contributed by atoms with Gasteiger partial charge in [0.1, 0.15) is 11.2 Å². The Morgan fingerprint density at radius 2 is 1.81 bits per heavy atom. The van der Waals surface area contributed by atoms with Gasteiger partial charge in [0, 0.05) is 34.3 Å². The van der Waals surface area contributed by atoms with E-state index in [0.717, 1.165) is 6.26 Å². The molecule has 2 aromatic rings. The fourth-order valence-corrected chi connectivity index (χ4v) is 8.85. The highest BCUT2D eigenvalue weighted by atomic mass is 35.5. The molecule has 0 radical (unpaired) electrons. The Balaban J connectivity index is 1.56. The van der Waals surface area contributed by atoms with Gasteiger partial charge in [-0.3, -0.25) is 9.59 Å². The molecule has 12 heteroatoms. The third-order valence-corrected chi connectivity index (χ3v) is 10.5. The maximum atomic E-state index is 15.9. The molecule has 0 unspecified atom stereocenters. The number of rotatable bonds is 6.